The molecular weight excluding hydrogens is 251 g/mol. The van der Waals surface area contributed by atoms with Crippen molar-refractivity contribution in [1.29, 1.82) is 0 Å². The Labute approximate surface area is 100 Å². The van der Waals surface area contributed by atoms with Crippen LogP contribution in [-0.4, -0.2) is 22.7 Å². The van der Waals surface area contributed by atoms with Gasteiger partial charge in [-0.15, -0.1) is 0 Å². The number of hydrogen-bond donors (Lipinski definition) is 2. The number of rotatable bonds is 4. The smallest absolute Gasteiger partial charge is 0.351 e. The first-order valence-corrected chi connectivity index (χ1v) is 4.89. The maximum atomic E-state index is 13.3. The molecule has 1 atom stereocenters. The molecule has 0 spiro atoms. The number of carbonyl (C=O) groups excluding carboxylic acids is 1. The SMILES string of the molecule is CC(F)(C(=O)O)C(=O)NCc1cc(F)cc(F)c1. The van der Waals surface area contributed by atoms with Gasteiger partial charge in [0.25, 0.3) is 11.6 Å². The van der Waals surface area contributed by atoms with Crippen LogP contribution in [0.15, 0.2) is 18.2 Å². The molecule has 1 rings (SSSR count). The van der Waals surface area contributed by atoms with Crippen LogP contribution in [0.1, 0.15) is 12.5 Å². The van der Waals surface area contributed by atoms with Crippen molar-refractivity contribution in [1.82, 2.24) is 5.32 Å². The van der Waals surface area contributed by atoms with Gasteiger partial charge in [0.2, 0.25) is 0 Å². The minimum absolute atomic E-state index is 0.0574. The fraction of sp³-hybridized carbons (Fsp3) is 0.273. The van der Waals surface area contributed by atoms with Crippen molar-refractivity contribution in [3.8, 4) is 0 Å². The summed E-state index contributed by atoms with van der Waals surface area (Å²) in [6.07, 6.45) is 0. The Morgan fingerprint density at radius 3 is 2.22 bits per heavy atom. The van der Waals surface area contributed by atoms with Gasteiger partial charge in [-0.1, -0.05) is 0 Å². The van der Waals surface area contributed by atoms with Gasteiger partial charge in [-0.2, -0.15) is 0 Å². The Bertz CT molecular complexity index is 468. The van der Waals surface area contributed by atoms with Crippen LogP contribution in [0.4, 0.5) is 13.2 Å². The van der Waals surface area contributed by atoms with E-state index in [1.807, 2.05) is 5.32 Å². The zero-order valence-corrected chi connectivity index (χ0v) is 9.34. The molecule has 0 saturated heterocycles. The molecule has 4 nitrogen and oxygen atoms in total. The van der Waals surface area contributed by atoms with Gasteiger partial charge in [0.05, 0.1) is 0 Å². The van der Waals surface area contributed by atoms with Gasteiger partial charge < -0.3 is 10.4 Å². The van der Waals surface area contributed by atoms with Crippen molar-refractivity contribution in [2.24, 2.45) is 0 Å². The van der Waals surface area contributed by atoms with Crippen molar-refractivity contribution in [2.75, 3.05) is 0 Å². The Morgan fingerprint density at radius 1 is 1.28 bits per heavy atom. The molecule has 1 aromatic carbocycles. The second-order valence-electron chi connectivity index (χ2n) is 3.77. The number of carboxylic acid groups (broad SMARTS) is 1. The fourth-order valence-corrected chi connectivity index (χ4v) is 1.16. The molecule has 0 saturated carbocycles. The summed E-state index contributed by atoms with van der Waals surface area (Å²) in [5.41, 5.74) is -3.03. The molecule has 0 aromatic heterocycles. The van der Waals surface area contributed by atoms with Crippen molar-refractivity contribution >= 4 is 11.9 Å². The van der Waals surface area contributed by atoms with E-state index >= 15 is 0 Å². The molecule has 0 radical (unpaired) electrons. The summed E-state index contributed by atoms with van der Waals surface area (Å²) in [7, 11) is 0. The number of hydrogen-bond acceptors (Lipinski definition) is 2. The van der Waals surface area contributed by atoms with Gasteiger partial charge in [-0.05, 0) is 24.6 Å². The van der Waals surface area contributed by atoms with Crippen molar-refractivity contribution in [2.45, 2.75) is 19.1 Å². The molecule has 0 heterocycles. The van der Waals surface area contributed by atoms with Gasteiger partial charge in [-0.3, -0.25) is 4.79 Å². The molecule has 1 aromatic rings. The lowest BCUT2D eigenvalue weighted by molar-refractivity contribution is -0.156. The van der Waals surface area contributed by atoms with Crippen molar-refractivity contribution < 1.29 is 27.9 Å². The number of nitrogens with one attached hydrogen (secondary N) is 1. The normalized spacial score (nSPS) is 13.8. The third kappa shape index (κ3) is 3.22. The van der Waals surface area contributed by atoms with E-state index in [0.29, 0.717) is 13.0 Å². The van der Waals surface area contributed by atoms with E-state index in [2.05, 4.69) is 0 Å². The number of carbonyl (C=O) groups is 2. The maximum Gasteiger partial charge on any atom is 0.351 e. The molecule has 1 amide bonds. The fourth-order valence-electron chi connectivity index (χ4n) is 1.16. The van der Waals surface area contributed by atoms with Crippen LogP contribution in [0.3, 0.4) is 0 Å². The standard InChI is InChI=1S/C11H10F3NO3/c1-11(14,10(17)18)9(16)15-5-6-2-7(12)4-8(13)3-6/h2-4H,5H2,1H3,(H,15,16)(H,17,18). The number of halogens is 3. The average molecular weight is 261 g/mol. The lowest BCUT2D eigenvalue weighted by Crippen LogP contribution is -2.46. The lowest BCUT2D eigenvalue weighted by atomic mass is 10.1. The highest BCUT2D eigenvalue weighted by atomic mass is 19.1. The van der Waals surface area contributed by atoms with Crippen molar-refractivity contribution in [3.05, 3.63) is 35.4 Å². The summed E-state index contributed by atoms with van der Waals surface area (Å²) < 4.78 is 38.9. The number of alkyl halides is 1. The lowest BCUT2D eigenvalue weighted by Gasteiger charge is -2.14. The summed E-state index contributed by atoms with van der Waals surface area (Å²) in [4.78, 5) is 21.6. The summed E-state index contributed by atoms with van der Waals surface area (Å²) >= 11 is 0. The minimum Gasteiger partial charge on any atom is -0.478 e. The van der Waals surface area contributed by atoms with E-state index in [9.17, 15) is 22.8 Å². The predicted octanol–water partition coefficient (Wildman–Crippen LogP) is 1.39. The van der Waals surface area contributed by atoms with E-state index < -0.39 is 29.2 Å². The number of amides is 1. The highest BCUT2D eigenvalue weighted by molar-refractivity contribution is 6.04. The summed E-state index contributed by atoms with van der Waals surface area (Å²) in [5.74, 6) is -5.02. The van der Waals surface area contributed by atoms with Gasteiger partial charge in [0.1, 0.15) is 11.6 Å². The Kier molecular flexibility index (Phi) is 3.95. The van der Waals surface area contributed by atoms with E-state index in [1.165, 1.54) is 0 Å². The molecule has 0 aliphatic heterocycles. The topological polar surface area (TPSA) is 66.4 Å². The van der Waals surface area contributed by atoms with Crippen LogP contribution in [0.5, 0.6) is 0 Å². The molecule has 0 aliphatic carbocycles. The second-order valence-corrected chi connectivity index (χ2v) is 3.77. The molecule has 18 heavy (non-hydrogen) atoms. The predicted molar refractivity (Wildman–Crippen MR) is 55.4 cm³/mol. The van der Waals surface area contributed by atoms with Crippen LogP contribution >= 0.6 is 0 Å². The minimum atomic E-state index is -3.09. The third-order valence-electron chi connectivity index (χ3n) is 2.20. The molecule has 0 bridgehead atoms. The largest absolute Gasteiger partial charge is 0.478 e. The van der Waals surface area contributed by atoms with Crippen LogP contribution in [-0.2, 0) is 16.1 Å². The van der Waals surface area contributed by atoms with Crippen LogP contribution in [0.25, 0.3) is 0 Å². The number of aliphatic carboxylic acids is 1. The quantitative estimate of drug-likeness (QED) is 0.805. The number of benzene rings is 1. The Balaban J connectivity index is 2.71. The molecule has 98 valence electrons. The van der Waals surface area contributed by atoms with Crippen LogP contribution in [0, 0.1) is 11.6 Å². The highest BCUT2D eigenvalue weighted by Crippen LogP contribution is 2.12. The average Bonchev–Trinajstić information content (AvgIpc) is 2.24. The first-order valence-electron chi connectivity index (χ1n) is 4.89. The van der Waals surface area contributed by atoms with Gasteiger partial charge in [0.15, 0.2) is 0 Å². The van der Waals surface area contributed by atoms with Gasteiger partial charge >= 0.3 is 5.97 Å². The summed E-state index contributed by atoms with van der Waals surface area (Å²) in [6.45, 7) is 0.205. The second kappa shape index (κ2) is 5.07. The van der Waals surface area contributed by atoms with E-state index in [0.717, 1.165) is 12.1 Å². The van der Waals surface area contributed by atoms with Gasteiger partial charge in [0, 0.05) is 12.6 Å². The highest BCUT2D eigenvalue weighted by Gasteiger charge is 2.41. The Morgan fingerprint density at radius 2 is 1.78 bits per heavy atom. The van der Waals surface area contributed by atoms with Gasteiger partial charge in [-0.25, -0.2) is 18.0 Å². The maximum absolute atomic E-state index is 13.3. The molecule has 1 unspecified atom stereocenters. The molecule has 2 N–H and O–H groups in total. The Hall–Kier alpha value is -2.05. The monoisotopic (exact) mass is 261 g/mol. The molecule has 0 aliphatic rings. The summed E-state index contributed by atoms with van der Waals surface area (Å²) in [5, 5.41) is 10.4. The zero-order valence-electron chi connectivity index (χ0n) is 9.34. The van der Waals surface area contributed by atoms with E-state index in [1.54, 1.807) is 0 Å². The number of carboxylic acids is 1. The molecule has 0 fully saturated rings. The zero-order chi connectivity index (χ0) is 13.9. The van der Waals surface area contributed by atoms with Crippen LogP contribution in [0.2, 0.25) is 0 Å². The van der Waals surface area contributed by atoms with E-state index in [-0.39, 0.29) is 12.1 Å². The third-order valence-corrected chi connectivity index (χ3v) is 2.20. The first kappa shape index (κ1) is 14.0. The van der Waals surface area contributed by atoms with Crippen LogP contribution < -0.4 is 5.32 Å². The summed E-state index contributed by atoms with van der Waals surface area (Å²) in [6, 6.07) is 2.53. The van der Waals surface area contributed by atoms with Crippen molar-refractivity contribution in [3.63, 3.8) is 0 Å². The molecular formula is C11H10F3NO3. The molecule has 7 heteroatoms. The first-order chi connectivity index (χ1) is 8.23. The van der Waals surface area contributed by atoms with E-state index in [4.69, 9.17) is 5.11 Å².